The van der Waals surface area contributed by atoms with E-state index in [4.69, 9.17) is 0 Å². The lowest BCUT2D eigenvalue weighted by atomic mass is 10.1. The van der Waals surface area contributed by atoms with Gasteiger partial charge >= 0.3 is 0 Å². The number of rotatable bonds is 11. The number of nitrogens with zero attached hydrogens (tertiary/aromatic N) is 2. The van der Waals surface area contributed by atoms with Crippen LogP contribution in [0.5, 0.6) is 0 Å². The summed E-state index contributed by atoms with van der Waals surface area (Å²) in [7, 11) is -4.15. The zero-order valence-corrected chi connectivity index (χ0v) is 23.8. The van der Waals surface area contributed by atoms with Crippen molar-refractivity contribution in [1.82, 2.24) is 10.2 Å². The van der Waals surface area contributed by atoms with Gasteiger partial charge in [-0.05, 0) is 75.6 Å². The van der Waals surface area contributed by atoms with Gasteiger partial charge in [-0.1, -0.05) is 49.4 Å². The van der Waals surface area contributed by atoms with Crippen LogP contribution in [0.3, 0.4) is 0 Å². The topological polar surface area (TPSA) is 86.8 Å². The van der Waals surface area contributed by atoms with Crippen LogP contribution in [0.2, 0.25) is 0 Å². The third-order valence-corrected chi connectivity index (χ3v) is 8.36. The van der Waals surface area contributed by atoms with Gasteiger partial charge in [0, 0.05) is 18.2 Å². The van der Waals surface area contributed by atoms with Crippen molar-refractivity contribution in [3.05, 3.63) is 95.3 Å². The predicted octanol–water partition coefficient (Wildman–Crippen LogP) is 4.97. The van der Waals surface area contributed by atoms with Crippen molar-refractivity contribution >= 4 is 27.5 Å². The molecule has 3 aromatic rings. The number of halogens is 1. The fourth-order valence-corrected chi connectivity index (χ4v) is 5.62. The maximum absolute atomic E-state index is 14.6. The van der Waals surface area contributed by atoms with Crippen LogP contribution in [0.4, 0.5) is 10.1 Å². The lowest BCUT2D eigenvalue weighted by molar-refractivity contribution is -0.139. The second-order valence-electron chi connectivity index (χ2n) is 9.78. The van der Waals surface area contributed by atoms with E-state index in [0.717, 1.165) is 15.4 Å². The van der Waals surface area contributed by atoms with Gasteiger partial charge in [-0.15, -0.1) is 0 Å². The van der Waals surface area contributed by atoms with Gasteiger partial charge in [0.05, 0.1) is 10.6 Å². The maximum atomic E-state index is 14.6. The maximum Gasteiger partial charge on any atom is 0.264 e. The molecule has 0 aliphatic carbocycles. The number of carbonyl (C=O) groups excluding carboxylic acids is 2. The van der Waals surface area contributed by atoms with Crippen molar-refractivity contribution in [2.75, 3.05) is 10.8 Å². The molecule has 0 unspecified atom stereocenters. The molecule has 0 heterocycles. The molecule has 0 aliphatic rings. The smallest absolute Gasteiger partial charge is 0.264 e. The Labute approximate surface area is 230 Å². The summed E-state index contributed by atoms with van der Waals surface area (Å²) in [6.45, 7) is 8.25. The SMILES string of the molecule is CC[C@@H](C)NC(=O)[C@H](C)N(Cc1ccccc1F)C(=O)CN(c1cc(C)cc(C)c1)S(=O)(=O)c1ccccc1. The summed E-state index contributed by atoms with van der Waals surface area (Å²) in [5.74, 6) is -1.56. The van der Waals surface area contributed by atoms with Crippen molar-refractivity contribution in [2.24, 2.45) is 0 Å². The van der Waals surface area contributed by atoms with E-state index in [1.807, 2.05) is 33.8 Å². The Morgan fingerprint density at radius 1 is 0.923 bits per heavy atom. The van der Waals surface area contributed by atoms with E-state index in [-0.39, 0.29) is 23.0 Å². The van der Waals surface area contributed by atoms with Crippen molar-refractivity contribution in [3.8, 4) is 0 Å². The van der Waals surface area contributed by atoms with E-state index < -0.39 is 40.2 Å². The molecule has 1 N–H and O–H groups in total. The summed E-state index contributed by atoms with van der Waals surface area (Å²) in [6.07, 6.45) is 0.690. The summed E-state index contributed by atoms with van der Waals surface area (Å²) >= 11 is 0. The highest BCUT2D eigenvalue weighted by atomic mass is 32.2. The van der Waals surface area contributed by atoms with Crippen molar-refractivity contribution < 1.29 is 22.4 Å². The molecule has 3 rings (SSSR count). The second-order valence-corrected chi connectivity index (χ2v) is 11.6. The first kappa shape index (κ1) is 29.8. The van der Waals surface area contributed by atoms with Crippen molar-refractivity contribution in [3.63, 3.8) is 0 Å². The van der Waals surface area contributed by atoms with Crippen LogP contribution in [-0.2, 0) is 26.2 Å². The number of carbonyl (C=O) groups is 2. The first-order chi connectivity index (χ1) is 18.4. The van der Waals surface area contributed by atoms with E-state index >= 15 is 0 Å². The van der Waals surface area contributed by atoms with E-state index in [0.29, 0.717) is 12.1 Å². The Hall–Kier alpha value is -3.72. The standard InChI is InChI=1S/C30H36FN3O4S/c1-6-23(4)32-30(36)24(5)33(19-25-12-10-11-15-28(25)31)29(35)20-34(26-17-21(2)16-22(3)18-26)39(37,38)27-13-8-7-9-14-27/h7-18,23-24H,6,19-20H2,1-5H3,(H,32,36)/t23-,24+/m1/s1. The van der Waals surface area contributed by atoms with Crippen LogP contribution in [0.25, 0.3) is 0 Å². The third-order valence-electron chi connectivity index (χ3n) is 6.57. The van der Waals surface area contributed by atoms with Crippen LogP contribution < -0.4 is 9.62 Å². The molecular formula is C30H36FN3O4S. The summed E-state index contributed by atoms with van der Waals surface area (Å²) in [6, 6.07) is 18.1. The van der Waals surface area contributed by atoms with Gasteiger partial charge < -0.3 is 10.2 Å². The van der Waals surface area contributed by atoms with Crippen molar-refractivity contribution in [1.29, 1.82) is 0 Å². The molecule has 2 amide bonds. The van der Waals surface area contributed by atoms with Gasteiger partial charge in [0.25, 0.3) is 10.0 Å². The van der Waals surface area contributed by atoms with Crippen LogP contribution in [0, 0.1) is 19.7 Å². The lowest BCUT2D eigenvalue weighted by Gasteiger charge is -2.32. The number of nitrogens with one attached hydrogen (secondary N) is 1. The third kappa shape index (κ3) is 7.44. The summed E-state index contributed by atoms with van der Waals surface area (Å²) in [4.78, 5) is 28.2. The van der Waals surface area contributed by atoms with E-state index in [2.05, 4.69) is 5.32 Å². The Bertz CT molecular complexity index is 1390. The normalized spacial score (nSPS) is 12.9. The van der Waals surface area contributed by atoms with Crippen LogP contribution in [-0.4, -0.2) is 43.8 Å². The minimum atomic E-state index is -4.15. The molecule has 0 radical (unpaired) electrons. The van der Waals surface area contributed by atoms with Crippen LogP contribution in [0.15, 0.2) is 77.7 Å². The molecule has 0 aliphatic heterocycles. The molecule has 39 heavy (non-hydrogen) atoms. The number of benzene rings is 3. The number of hydrogen-bond donors (Lipinski definition) is 1. The highest BCUT2D eigenvalue weighted by Crippen LogP contribution is 2.26. The quantitative estimate of drug-likeness (QED) is 0.363. The molecule has 208 valence electrons. The fraction of sp³-hybridized carbons (Fsp3) is 0.333. The second kappa shape index (κ2) is 12.9. The van der Waals surface area contributed by atoms with Gasteiger partial charge in [0.15, 0.2) is 0 Å². The summed E-state index contributed by atoms with van der Waals surface area (Å²) < 4.78 is 43.3. The van der Waals surface area contributed by atoms with Crippen LogP contribution >= 0.6 is 0 Å². The average molecular weight is 554 g/mol. The first-order valence-corrected chi connectivity index (χ1v) is 14.4. The average Bonchev–Trinajstić information content (AvgIpc) is 2.90. The molecule has 0 fully saturated rings. The fourth-order valence-electron chi connectivity index (χ4n) is 4.20. The highest BCUT2D eigenvalue weighted by molar-refractivity contribution is 7.92. The molecule has 0 saturated heterocycles. The monoisotopic (exact) mass is 553 g/mol. The molecule has 0 aromatic heterocycles. The molecule has 9 heteroatoms. The zero-order valence-electron chi connectivity index (χ0n) is 23.0. The molecule has 0 bridgehead atoms. The van der Waals surface area contributed by atoms with Gasteiger partial charge in [0.2, 0.25) is 11.8 Å². The summed E-state index contributed by atoms with van der Waals surface area (Å²) in [5.41, 5.74) is 2.20. The van der Waals surface area contributed by atoms with E-state index in [1.54, 1.807) is 43.3 Å². The molecule has 2 atom stereocenters. The number of amides is 2. The first-order valence-electron chi connectivity index (χ1n) is 12.9. The lowest BCUT2D eigenvalue weighted by Crippen LogP contribution is -2.52. The number of aryl methyl sites for hydroxylation is 2. The molecule has 0 spiro atoms. The van der Waals surface area contributed by atoms with Gasteiger partial charge in [-0.25, -0.2) is 12.8 Å². The molecular weight excluding hydrogens is 517 g/mol. The van der Waals surface area contributed by atoms with Gasteiger partial charge in [-0.3, -0.25) is 13.9 Å². The van der Waals surface area contributed by atoms with E-state index in [1.165, 1.54) is 35.2 Å². The Morgan fingerprint density at radius 2 is 1.51 bits per heavy atom. The summed E-state index contributed by atoms with van der Waals surface area (Å²) in [5, 5.41) is 2.86. The number of sulfonamides is 1. The van der Waals surface area contributed by atoms with E-state index in [9.17, 15) is 22.4 Å². The minimum Gasteiger partial charge on any atom is -0.352 e. The Morgan fingerprint density at radius 3 is 2.10 bits per heavy atom. The minimum absolute atomic E-state index is 0.0279. The zero-order chi connectivity index (χ0) is 28.7. The van der Waals surface area contributed by atoms with Gasteiger partial charge in [-0.2, -0.15) is 0 Å². The number of anilines is 1. The Kier molecular flexibility index (Phi) is 9.86. The predicted molar refractivity (Wildman–Crippen MR) is 151 cm³/mol. The van der Waals surface area contributed by atoms with Crippen molar-refractivity contribution in [2.45, 2.75) is 64.6 Å². The largest absolute Gasteiger partial charge is 0.352 e. The Balaban J connectivity index is 2.06. The highest BCUT2D eigenvalue weighted by Gasteiger charge is 2.33. The molecule has 3 aromatic carbocycles. The van der Waals surface area contributed by atoms with Crippen LogP contribution in [0.1, 0.15) is 43.9 Å². The van der Waals surface area contributed by atoms with Gasteiger partial charge in [0.1, 0.15) is 18.4 Å². The molecule has 7 nitrogen and oxygen atoms in total. The number of hydrogen-bond acceptors (Lipinski definition) is 4. The molecule has 0 saturated carbocycles.